The molecule has 1 atom stereocenters. The predicted octanol–water partition coefficient (Wildman–Crippen LogP) is 4.56. The Morgan fingerprint density at radius 1 is 1.15 bits per heavy atom. The SMILES string of the molecule is CC(C)(C)OC(=O)N1CC[C@@H](n2c(-c3ccc(CO)o3)nc3cnc4c(ccn4S(=O)(=O)c4ccccc4)c32)C1. The molecule has 4 aromatic heterocycles. The molecule has 1 aliphatic heterocycles. The highest BCUT2D eigenvalue weighted by atomic mass is 32.2. The second-order valence-corrected chi connectivity index (χ2v) is 12.6. The maximum Gasteiger partial charge on any atom is 0.410 e. The molecule has 1 saturated heterocycles. The number of pyridine rings is 1. The third kappa shape index (κ3) is 4.42. The Bertz CT molecular complexity index is 1830. The number of nitrogens with zero attached hydrogens (tertiary/aromatic N) is 5. The number of aliphatic hydroxyl groups is 1. The standard InChI is InChI=1S/C28H29N5O6S/c1-28(2,3)39-27(35)31-13-11-18(16-31)33-24-21-12-14-32(40(36,37)20-7-5-4-6-8-20)25(21)29-15-22(24)30-26(33)23-10-9-19(17-34)38-23/h4-10,12,14-15,18,34H,11,13,16-17H2,1-3H3/t18-/m1/s1. The maximum absolute atomic E-state index is 13.5. The van der Waals surface area contributed by atoms with E-state index in [-0.39, 0.29) is 23.2 Å². The van der Waals surface area contributed by atoms with Crippen LogP contribution in [0, 0.1) is 0 Å². The summed E-state index contributed by atoms with van der Waals surface area (Å²) < 4.78 is 41.6. The highest BCUT2D eigenvalue weighted by Crippen LogP contribution is 2.37. The largest absolute Gasteiger partial charge is 0.455 e. The lowest BCUT2D eigenvalue weighted by Crippen LogP contribution is -2.35. The van der Waals surface area contributed by atoms with Crippen LogP contribution in [0.25, 0.3) is 33.7 Å². The molecule has 40 heavy (non-hydrogen) atoms. The van der Waals surface area contributed by atoms with Gasteiger partial charge in [0.05, 0.1) is 22.7 Å². The van der Waals surface area contributed by atoms with Gasteiger partial charge in [0.15, 0.2) is 17.2 Å². The summed E-state index contributed by atoms with van der Waals surface area (Å²) in [6.07, 6.45) is 3.27. The van der Waals surface area contributed by atoms with Gasteiger partial charge >= 0.3 is 6.09 Å². The lowest BCUT2D eigenvalue weighted by Gasteiger charge is -2.24. The molecule has 11 nitrogen and oxygen atoms in total. The van der Waals surface area contributed by atoms with Crippen LogP contribution >= 0.6 is 0 Å². The van der Waals surface area contributed by atoms with Gasteiger partial charge in [-0.15, -0.1) is 0 Å². The summed E-state index contributed by atoms with van der Waals surface area (Å²) in [5.74, 6) is 1.33. The zero-order valence-electron chi connectivity index (χ0n) is 22.3. The van der Waals surface area contributed by atoms with E-state index in [9.17, 15) is 18.3 Å². The zero-order chi connectivity index (χ0) is 28.2. The molecule has 0 spiro atoms. The van der Waals surface area contributed by atoms with Gasteiger partial charge in [-0.1, -0.05) is 18.2 Å². The first-order valence-corrected chi connectivity index (χ1v) is 14.4. The number of benzene rings is 1. The molecular weight excluding hydrogens is 534 g/mol. The fourth-order valence-electron chi connectivity index (χ4n) is 5.10. The number of carbonyl (C=O) groups excluding carboxylic acids is 1. The molecule has 5 aromatic rings. The highest BCUT2D eigenvalue weighted by Gasteiger charge is 2.34. The molecule has 1 N–H and O–H groups in total. The summed E-state index contributed by atoms with van der Waals surface area (Å²) in [5, 5.41) is 10.2. The van der Waals surface area contributed by atoms with Crippen molar-refractivity contribution in [3.05, 3.63) is 66.7 Å². The van der Waals surface area contributed by atoms with Crippen LogP contribution in [0.2, 0.25) is 0 Å². The van der Waals surface area contributed by atoms with Crippen molar-refractivity contribution < 1.29 is 27.5 Å². The molecule has 1 aromatic carbocycles. The summed E-state index contributed by atoms with van der Waals surface area (Å²) in [4.78, 5) is 24.0. The molecule has 208 valence electrons. The molecule has 1 fully saturated rings. The Balaban J connectivity index is 1.51. The number of hydrogen-bond acceptors (Lipinski definition) is 8. The van der Waals surface area contributed by atoms with Gasteiger partial charge in [-0.2, -0.15) is 0 Å². The van der Waals surface area contributed by atoms with Crippen LogP contribution in [0.4, 0.5) is 4.79 Å². The molecule has 0 unspecified atom stereocenters. The molecule has 0 radical (unpaired) electrons. The van der Waals surface area contributed by atoms with Crippen LogP contribution in [0.1, 0.15) is 39.0 Å². The van der Waals surface area contributed by atoms with E-state index in [4.69, 9.17) is 14.1 Å². The molecule has 12 heteroatoms. The fourth-order valence-corrected chi connectivity index (χ4v) is 6.43. The number of ether oxygens (including phenoxy) is 1. The number of hydrogen-bond donors (Lipinski definition) is 1. The molecular formula is C28H29N5O6S. The van der Waals surface area contributed by atoms with Gasteiger partial charge in [-0.25, -0.2) is 27.2 Å². The summed E-state index contributed by atoms with van der Waals surface area (Å²) in [6.45, 7) is 6.07. The monoisotopic (exact) mass is 563 g/mol. The molecule has 0 saturated carbocycles. The Labute approximate surface area is 230 Å². The number of carbonyl (C=O) groups is 1. The second-order valence-electron chi connectivity index (χ2n) is 10.8. The first-order valence-electron chi connectivity index (χ1n) is 12.9. The molecule has 1 amide bonds. The normalized spacial score (nSPS) is 16.3. The van der Waals surface area contributed by atoms with Gasteiger partial charge in [0.2, 0.25) is 0 Å². The Morgan fingerprint density at radius 2 is 1.93 bits per heavy atom. The van der Waals surface area contributed by atoms with E-state index in [2.05, 4.69) is 4.98 Å². The first kappa shape index (κ1) is 26.1. The summed E-state index contributed by atoms with van der Waals surface area (Å²) in [5.41, 5.74) is 0.874. The Morgan fingerprint density at radius 3 is 2.62 bits per heavy atom. The third-order valence-corrected chi connectivity index (χ3v) is 8.53. The van der Waals surface area contributed by atoms with Gasteiger partial charge in [-0.05, 0) is 57.5 Å². The van der Waals surface area contributed by atoms with Crippen LogP contribution in [0.5, 0.6) is 0 Å². The topological polar surface area (TPSA) is 133 Å². The van der Waals surface area contributed by atoms with Crippen molar-refractivity contribution in [3.8, 4) is 11.6 Å². The molecule has 6 rings (SSSR count). The van der Waals surface area contributed by atoms with Gasteiger partial charge in [0, 0.05) is 24.7 Å². The van der Waals surface area contributed by atoms with Crippen LogP contribution < -0.4 is 0 Å². The molecule has 5 heterocycles. The second kappa shape index (κ2) is 9.49. The van der Waals surface area contributed by atoms with E-state index in [0.717, 1.165) is 0 Å². The van der Waals surface area contributed by atoms with Gasteiger partial charge < -0.3 is 23.7 Å². The van der Waals surface area contributed by atoms with E-state index in [1.807, 2.05) is 25.3 Å². The quantitative estimate of drug-likeness (QED) is 0.329. The van der Waals surface area contributed by atoms with Crippen molar-refractivity contribution >= 4 is 38.2 Å². The van der Waals surface area contributed by atoms with E-state index in [1.165, 1.54) is 10.2 Å². The number of rotatable bonds is 5. The van der Waals surface area contributed by atoms with Crippen LogP contribution in [-0.2, 0) is 21.4 Å². The predicted molar refractivity (Wildman–Crippen MR) is 147 cm³/mol. The summed E-state index contributed by atoms with van der Waals surface area (Å²) in [6, 6.07) is 13.1. The third-order valence-electron chi connectivity index (χ3n) is 6.85. The first-order chi connectivity index (χ1) is 19.1. The number of aromatic nitrogens is 4. The maximum atomic E-state index is 13.5. The van der Waals surface area contributed by atoms with Gasteiger partial charge in [0.1, 0.15) is 23.5 Å². The number of likely N-dealkylation sites (tertiary alicyclic amines) is 1. The fraction of sp³-hybridized carbons (Fsp3) is 0.321. The number of aliphatic hydroxyl groups excluding tert-OH is 1. The average Bonchev–Trinajstić information content (AvgIpc) is 3.71. The minimum absolute atomic E-state index is 0.152. The lowest BCUT2D eigenvalue weighted by atomic mass is 10.2. The van der Waals surface area contributed by atoms with Crippen molar-refractivity contribution in [3.63, 3.8) is 0 Å². The Kier molecular flexibility index (Phi) is 6.19. The highest BCUT2D eigenvalue weighted by molar-refractivity contribution is 7.90. The van der Waals surface area contributed by atoms with Gasteiger partial charge in [-0.3, -0.25) is 0 Å². The minimum Gasteiger partial charge on any atom is -0.455 e. The minimum atomic E-state index is -3.90. The Hall–Kier alpha value is -4.16. The van der Waals surface area contributed by atoms with Crippen molar-refractivity contribution in [1.29, 1.82) is 0 Å². The van der Waals surface area contributed by atoms with Crippen LogP contribution in [0.3, 0.4) is 0 Å². The van der Waals surface area contributed by atoms with Crippen molar-refractivity contribution in [2.24, 2.45) is 0 Å². The summed E-state index contributed by atoms with van der Waals surface area (Å²) >= 11 is 0. The van der Waals surface area contributed by atoms with Crippen molar-refractivity contribution in [2.45, 2.75) is 50.3 Å². The number of imidazole rings is 1. The van der Waals surface area contributed by atoms with Crippen molar-refractivity contribution in [2.75, 3.05) is 13.1 Å². The molecule has 1 aliphatic rings. The summed E-state index contributed by atoms with van der Waals surface area (Å²) in [7, 11) is -3.90. The zero-order valence-corrected chi connectivity index (χ0v) is 23.1. The molecule has 0 aliphatic carbocycles. The smallest absolute Gasteiger partial charge is 0.410 e. The van der Waals surface area contributed by atoms with Crippen LogP contribution in [-0.4, -0.2) is 61.7 Å². The number of amides is 1. The van der Waals surface area contributed by atoms with Crippen LogP contribution in [0.15, 0.2) is 70.2 Å². The van der Waals surface area contributed by atoms with E-state index >= 15 is 0 Å². The number of fused-ring (bicyclic) bond motifs is 3. The van der Waals surface area contributed by atoms with E-state index in [1.54, 1.807) is 59.6 Å². The van der Waals surface area contributed by atoms with Gasteiger partial charge in [0.25, 0.3) is 10.0 Å². The number of furan rings is 1. The lowest BCUT2D eigenvalue weighted by molar-refractivity contribution is 0.0289. The average molecular weight is 564 g/mol. The van der Waals surface area contributed by atoms with Crippen molar-refractivity contribution in [1.82, 2.24) is 23.4 Å². The van der Waals surface area contributed by atoms with E-state index < -0.39 is 21.7 Å². The molecule has 0 bridgehead atoms. The van der Waals surface area contributed by atoms with E-state index in [0.29, 0.717) is 53.3 Å².